The lowest BCUT2D eigenvalue weighted by molar-refractivity contribution is 0.507. The highest BCUT2D eigenvalue weighted by Gasteiger charge is 2.06. The Morgan fingerprint density at radius 2 is 1.72 bits per heavy atom. The normalized spacial score (nSPS) is 10.4. The van der Waals surface area contributed by atoms with Crippen LogP contribution in [-0.4, -0.2) is 7.28 Å². The summed E-state index contributed by atoms with van der Waals surface area (Å²) >= 11 is 0. The lowest BCUT2D eigenvalue weighted by Gasteiger charge is -2.05. The van der Waals surface area contributed by atoms with E-state index in [2.05, 4.69) is 0 Å². The van der Waals surface area contributed by atoms with E-state index >= 15 is 0 Å². The number of halogens is 3. The molecule has 0 heterocycles. The van der Waals surface area contributed by atoms with Crippen molar-refractivity contribution in [2.75, 3.05) is 0 Å². The average Bonchev–Trinajstić information content (AvgIpc) is 2.34. The molecule has 0 nitrogen and oxygen atoms in total. The molecule has 2 aromatic rings. The SMILES string of the molecule is Cc1ccc(F)cc1[B]Cc1ccc(F)c(F)c1. The maximum Gasteiger partial charge on any atom is 0.159 e. The fourth-order valence-electron chi connectivity index (χ4n) is 1.73. The van der Waals surface area contributed by atoms with E-state index in [1.54, 1.807) is 13.3 Å². The molecule has 0 aliphatic heterocycles. The van der Waals surface area contributed by atoms with E-state index in [0.717, 1.165) is 23.2 Å². The van der Waals surface area contributed by atoms with Gasteiger partial charge < -0.3 is 0 Å². The molecule has 0 aliphatic carbocycles. The van der Waals surface area contributed by atoms with Crippen LogP contribution in [0.4, 0.5) is 13.2 Å². The highest BCUT2D eigenvalue weighted by molar-refractivity contribution is 6.53. The molecule has 18 heavy (non-hydrogen) atoms. The van der Waals surface area contributed by atoms with Gasteiger partial charge in [0.2, 0.25) is 0 Å². The Morgan fingerprint density at radius 1 is 0.944 bits per heavy atom. The van der Waals surface area contributed by atoms with Gasteiger partial charge in [-0.15, -0.1) is 0 Å². The van der Waals surface area contributed by atoms with Gasteiger partial charge in [-0.3, -0.25) is 0 Å². The first kappa shape index (κ1) is 12.7. The lowest BCUT2D eigenvalue weighted by atomic mass is 9.64. The second kappa shape index (κ2) is 5.30. The minimum absolute atomic E-state index is 0.308. The summed E-state index contributed by atoms with van der Waals surface area (Å²) in [6.07, 6.45) is 0.432. The van der Waals surface area contributed by atoms with Crippen LogP contribution in [0.25, 0.3) is 0 Å². The monoisotopic (exact) mass is 247 g/mol. The highest BCUT2D eigenvalue weighted by Crippen LogP contribution is 2.09. The van der Waals surface area contributed by atoms with E-state index in [1.807, 2.05) is 6.92 Å². The van der Waals surface area contributed by atoms with Crippen molar-refractivity contribution >= 4 is 12.7 Å². The Bertz CT molecular complexity index is 567. The molecule has 0 N–H and O–H groups in total. The van der Waals surface area contributed by atoms with Gasteiger partial charge in [-0.05, 0) is 37.5 Å². The zero-order valence-electron chi connectivity index (χ0n) is 9.88. The van der Waals surface area contributed by atoms with Gasteiger partial charge in [0.1, 0.15) is 5.82 Å². The molecule has 0 saturated heterocycles. The Kier molecular flexibility index (Phi) is 3.75. The van der Waals surface area contributed by atoms with Crippen molar-refractivity contribution in [3.63, 3.8) is 0 Å². The molecule has 0 amide bonds. The Balaban J connectivity index is 2.11. The smallest absolute Gasteiger partial charge is 0.159 e. The molecule has 0 bridgehead atoms. The van der Waals surface area contributed by atoms with Gasteiger partial charge in [0.05, 0.1) is 0 Å². The molecule has 1 radical (unpaired) electrons. The van der Waals surface area contributed by atoms with Gasteiger partial charge in [-0.25, -0.2) is 13.2 Å². The second-order valence-electron chi connectivity index (χ2n) is 4.16. The van der Waals surface area contributed by atoms with E-state index in [4.69, 9.17) is 0 Å². The maximum absolute atomic E-state index is 13.1. The minimum Gasteiger partial charge on any atom is -0.207 e. The van der Waals surface area contributed by atoms with Crippen LogP contribution in [-0.2, 0) is 6.32 Å². The Labute approximate surface area is 105 Å². The molecule has 0 fully saturated rings. The number of aryl methyl sites for hydroxylation is 1. The number of benzene rings is 2. The van der Waals surface area contributed by atoms with Crippen molar-refractivity contribution in [3.8, 4) is 0 Å². The number of hydrogen-bond acceptors (Lipinski definition) is 0. The summed E-state index contributed by atoms with van der Waals surface area (Å²) in [5.41, 5.74) is 2.36. The highest BCUT2D eigenvalue weighted by atomic mass is 19.2. The molecule has 2 aromatic carbocycles. The largest absolute Gasteiger partial charge is 0.207 e. The molecule has 2 rings (SSSR count). The third kappa shape index (κ3) is 2.94. The van der Waals surface area contributed by atoms with E-state index < -0.39 is 11.6 Å². The molecule has 0 unspecified atom stereocenters. The van der Waals surface area contributed by atoms with Crippen LogP contribution in [0.5, 0.6) is 0 Å². The summed E-state index contributed by atoms with van der Waals surface area (Å²) in [6.45, 7) is 1.87. The summed E-state index contributed by atoms with van der Waals surface area (Å²) in [5, 5.41) is 0. The molecule has 0 aliphatic rings. The van der Waals surface area contributed by atoms with Crippen molar-refractivity contribution < 1.29 is 13.2 Å². The summed E-state index contributed by atoms with van der Waals surface area (Å²) in [4.78, 5) is 0. The van der Waals surface area contributed by atoms with Crippen LogP contribution in [0.1, 0.15) is 11.1 Å². The Morgan fingerprint density at radius 3 is 2.44 bits per heavy atom. The van der Waals surface area contributed by atoms with Gasteiger partial charge in [0.15, 0.2) is 18.9 Å². The molecule has 0 atom stereocenters. The van der Waals surface area contributed by atoms with E-state index in [9.17, 15) is 13.2 Å². The first-order valence-corrected chi connectivity index (χ1v) is 5.59. The van der Waals surface area contributed by atoms with Crippen LogP contribution < -0.4 is 5.46 Å². The molecule has 0 spiro atoms. The minimum atomic E-state index is -0.864. The maximum atomic E-state index is 13.1. The van der Waals surface area contributed by atoms with Crippen LogP contribution in [0.15, 0.2) is 36.4 Å². The topological polar surface area (TPSA) is 0 Å². The first-order chi connectivity index (χ1) is 8.56. The summed E-state index contributed by atoms with van der Waals surface area (Å²) < 4.78 is 38.8. The van der Waals surface area contributed by atoms with Gasteiger partial charge in [-0.2, -0.15) is 0 Å². The third-order valence-electron chi connectivity index (χ3n) is 2.78. The van der Waals surface area contributed by atoms with Gasteiger partial charge in [0, 0.05) is 0 Å². The molecular weight excluding hydrogens is 236 g/mol. The van der Waals surface area contributed by atoms with Crippen LogP contribution in [0.2, 0.25) is 0 Å². The molecule has 0 aromatic heterocycles. The van der Waals surface area contributed by atoms with Crippen molar-refractivity contribution in [3.05, 3.63) is 65.0 Å². The van der Waals surface area contributed by atoms with Gasteiger partial charge >= 0.3 is 0 Å². The molecule has 0 saturated carbocycles. The summed E-state index contributed by atoms with van der Waals surface area (Å²) in [5.74, 6) is -2.03. The van der Waals surface area contributed by atoms with Crippen LogP contribution in [0, 0.1) is 24.4 Å². The zero-order valence-corrected chi connectivity index (χ0v) is 9.88. The average molecular weight is 247 g/mol. The van der Waals surface area contributed by atoms with E-state index in [1.165, 1.54) is 18.2 Å². The van der Waals surface area contributed by atoms with Gasteiger partial charge in [-0.1, -0.05) is 28.7 Å². The summed E-state index contributed by atoms with van der Waals surface area (Å²) in [7, 11) is 1.80. The van der Waals surface area contributed by atoms with Crippen LogP contribution in [0.3, 0.4) is 0 Å². The second-order valence-corrected chi connectivity index (χ2v) is 4.16. The molecule has 4 heteroatoms. The first-order valence-electron chi connectivity index (χ1n) is 5.59. The fourth-order valence-corrected chi connectivity index (χ4v) is 1.73. The fraction of sp³-hybridized carbons (Fsp3) is 0.143. The molecule has 91 valence electrons. The third-order valence-corrected chi connectivity index (χ3v) is 2.78. The number of rotatable bonds is 3. The molecular formula is C14H11BF3. The van der Waals surface area contributed by atoms with Crippen molar-refractivity contribution in [2.45, 2.75) is 13.2 Å². The number of hydrogen-bond donors (Lipinski definition) is 0. The zero-order chi connectivity index (χ0) is 13.1. The quantitative estimate of drug-likeness (QED) is 0.731. The van der Waals surface area contributed by atoms with Crippen molar-refractivity contribution in [2.24, 2.45) is 0 Å². The predicted octanol–water partition coefficient (Wildman–Crippen LogP) is 2.94. The Hall–Kier alpha value is -1.71. The van der Waals surface area contributed by atoms with E-state index in [0.29, 0.717) is 11.9 Å². The standard InChI is InChI=1S/C14H11BF3/c1-9-2-4-11(16)7-12(9)15-8-10-3-5-13(17)14(18)6-10/h2-7H,8H2,1H3. The van der Waals surface area contributed by atoms with Crippen molar-refractivity contribution in [1.29, 1.82) is 0 Å². The summed E-state index contributed by atoms with van der Waals surface area (Å²) in [6, 6.07) is 8.27. The lowest BCUT2D eigenvalue weighted by Crippen LogP contribution is -2.20. The van der Waals surface area contributed by atoms with Crippen molar-refractivity contribution in [1.82, 2.24) is 0 Å². The van der Waals surface area contributed by atoms with Gasteiger partial charge in [0.25, 0.3) is 0 Å². The predicted molar refractivity (Wildman–Crippen MR) is 66.6 cm³/mol. The van der Waals surface area contributed by atoms with E-state index in [-0.39, 0.29) is 5.82 Å². The van der Waals surface area contributed by atoms with Crippen LogP contribution >= 0.6 is 0 Å².